The lowest BCUT2D eigenvalue weighted by Gasteiger charge is -2.16. The molecule has 0 radical (unpaired) electrons. The Balaban J connectivity index is 1.98. The first-order chi connectivity index (χ1) is 11.9. The minimum Gasteiger partial charge on any atom is -0.507 e. The molecule has 0 spiro atoms. The van der Waals surface area contributed by atoms with Crippen molar-refractivity contribution in [3.63, 3.8) is 0 Å². The molecule has 130 valence electrons. The van der Waals surface area contributed by atoms with Gasteiger partial charge in [-0.1, -0.05) is 11.6 Å². The van der Waals surface area contributed by atoms with E-state index in [1.54, 1.807) is 12.1 Å². The minimum absolute atomic E-state index is 0.163. The quantitative estimate of drug-likeness (QED) is 0.463. The van der Waals surface area contributed by atoms with E-state index in [1.165, 1.54) is 12.1 Å². The molecule has 0 fully saturated rings. The number of fused-ring (bicyclic) bond motifs is 1. The number of phenols is 1. The Labute approximate surface area is 161 Å². The van der Waals surface area contributed by atoms with E-state index in [2.05, 4.69) is 5.32 Å². The van der Waals surface area contributed by atoms with Gasteiger partial charge in [0.1, 0.15) is 17.2 Å². The lowest BCUT2D eigenvalue weighted by atomic mass is 10.1. The number of carbonyl (C=O) groups excluding carboxylic acids is 1. The number of phenolic OH excluding ortho intramolecular Hbond substituents is 1. The molecule has 0 heterocycles. The number of hydrogen-bond donors (Lipinski definition) is 3. The second-order valence-electron chi connectivity index (χ2n) is 5.52. The normalized spacial score (nSPS) is 12.6. The third kappa shape index (κ3) is 3.67. The number of benzene rings is 2. The highest BCUT2D eigenvalue weighted by atomic mass is 127. The lowest BCUT2D eigenvalue weighted by Crippen LogP contribution is -2.22. The molecule has 0 saturated heterocycles. The Morgan fingerprint density at radius 3 is 2.60 bits per heavy atom. The number of aliphatic carboxylic acids is 1. The summed E-state index contributed by atoms with van der Waals surface area (Å²) in [7, 11) is 0. The highest BCUT2D eigenvalue weighted by molar-refractivity contribution is 14.1. The lowest BCUT2D eigenvalue weighted by molar-refractivity contribution is -0.147. The number of hydrogen-bond acceptors (Lipinski definition) is 4. The zero-order chi connectivity index (χ0) is 18.1. The van der Waals surface area contributed by atoms with Gasteiger partial charge in [0.25, 0.3) is 0 Å². The van der Waals surface area contributed by atoms with Gasteiger partial charge in [-0.15, -0.1) is 0 Å². The maximum atomic E-state index is 11.5. The molecule has 0 bridgehead atoms. The van der Waals surface area contributed by atoms with Gasteiger partial charge < -0.3 is 20.3 Å². The van der Waals surface area contributed by atoms with Crippen molar-refractivity contribution in [1.82, 2.24) is 0 Å². The average Bonchev–Trinajstić information content (AvgIpc) is 3.04. The van der Waals surface area contributed by atoms with E-state index in [0.717, 1.165) is 24.0 Å². The zero-order valence-corrected chi connectivity index (χ0v) is 15.7. The van der Waals surface area contributed by atoms with Crippen molar-refractivity contribution < 1.29 is 24.5 Å². The number of carboxylic acid groups (broad SMARTS) is 1. The smallest absolute Gasteiger partial charge is 0.394 e. The van der Waals surface area contributed by atoms with Crippen LogP contribution in [-0.4, -0.2) is 22.1 Å². The summed E-state index contributed by atoms with van der Waals surface area (Å²) in [6.07, 6.45) is 2.27. The highest BCUT2D eigenvalue weighted by Crippen LogP contribution is 2.43. The Hall–Kier alpha value is -2.00. The SMILES string of the molecule is O=C(O)C(=O)Nc1cc(Cl)c(Oc2ccc(O)c(I)c2)c2c1CCC2. The summed E-state index contributed by atoms with van der Waals surface area (Å²) in [5.74, 6) is -1.48. The van der Waals surface area contributed by atoms with Crippen molar-refractivity contribution in [2.45, 2.75) is 19.3 Å². The van der Waals surface area contributed by atoms with Gasteiger partial charge in [0.15, 0.2) is 0 Å². The van der Waals surface area contributed by atoms with Crippen LogP contribution in [0.5, 0.6) is 17.2 Å². The van der Waals surface area contributed by atoms with E-state index in [1.807, 2.05) is 22.6 Å². The third-order valence-electron chi connectivity index (χ3n) is 3.89. The van der Waals surface area contributed by atoms with E-state index in [4.69, 9.17) is 21.4 Å². The fraction of sp³-hybridized carbons (Fsp3) is 0.176. The molecule has 8 heteroatoms. The maximum Gasteiger partial charge on any atom is 0.394 e. The summed E-state index contributed by atoms with van der Waals surface area (Å²) in [4.78, 5) is 22.2. The molecule has 3 rings (SSSR count). The van der Waals surface area contributed by atoms with Gasteiger partial charge in [-0.25, -0.2) is 4.79 Å². The van der Waals surface area contributed by atoms with Gasteiger partial charge in [-0.05, 0) is 71.7 Å². The molecular weight excluding hydrogens is 461 g/mol. The number of carbonyl (C=O) groups is 2. The molecule has 0 atom stereocenters. The second-order valence-corrected chi connectivity index (χ2v) is 7.09. The van der Waals surface area contributed by atoms with E-state index in [-0.39, 0.29) is 10.8 Å². The monoisotopic (exact) mass is 473 g/mol. The Morgan fingerprint density at radius 2 is 1.92 bits per heavy atom. The van der Waals surface area contributed by atoms with Crippen molar-refractivity contribution in [3.8, 4) is 17.2 Å². The molecule has 6 nitrogen and oxygen atoms in total. The molecule has 1 aliphatic carbocycles. The maximum absolute atomic E-state index is 11.5. The summed E-state index contributed by atoms with van der Waals surface area (Å²) in [6.45, 7) is 0. The molecule has 0 aromatic heterocycles. The highest BCUT2D eigenvalue weighted by Gasteiger charge is 2.25. The van der Waals surface area contributed by atoms with E-state index >= 15 is 0 Å². The van der Waals surface area contributed by atoms with E-state index < -0.39 is 11.9 Å². The van der Waals surface area contributed by atoms with Gasteiger partial charge in [0.05, 0.1) is 8.59 Å². The molecule has 0 aliphatic heterocycles. The van der Waals surface area contributed by atoms with Crippen molar-refractivity contribution in [2.75, 3.05) is 5.32 Å². The number of aromatic hydroxyl groups is 1. The van der Waals surface area contributed by atoms with Crippen LogP contribution in [0.2, 0.25) is 5.02 Å². The van der Waals surface area contributed by atoms with Crippen molar-refractivity contribution in [1.29, 1.82) is 0 Å². The van der Waals surface area contributed by atoms with Crippen LogP contribution < -0.4 is 10.1 Å². The van der Waals surface area contributed by atoms with Gasteiger partial charge >= 0.3 is 11.9 Å². The fourth-order valence-corrected chi connectivity index (χ4v) is 3.53. The van der Waals surface area contributed by atoms with Crippen LogP contribution in [0.3, 0.4) is 0 Å². The average molecular weight is 474 g/mol. The van der Waals surface area contributed by atoms with Crippen molar-refractivity contribution >= 4 is 51.8 Å². The molecule has 3 N–H and O–H groups in total. The summed E-state index contributed by atoms with van der Waals surface area (Å²) in [5, 5.41) is 21.0. The number of amides is 1. The topological polar surface area (TPSA) is 95.9 Å². The number of anilines is 1. The van der Waals surface area contributed by atoms with Gasteiger partial charge in [0, 0.05) is 11.3 Å². The van der Waals surface area contributed by atoms with Crippen LogP contribution in [0.15, 0.2) is 24.3 Å². The summed E-state index contributed by atoms with van der Waals surface area (Å²) in [6, 6.07) is 6.36. The van der Waals surface area contributed by atoms with Crippen LogP contribution in [-0.2, 0) is 22.4 Å². The van der Waals surface area contributed by atoms with E-state index in [9.17, 15) is 14.7 Å². The Bertz CT molecular complexity index is 884. The predicted molar refractivity (Wildman–Crippen MR) is 101 cm³/mol. The number of rotatable bonds is 3. The van der Waals surface area contributed by atoms with Crippen molar-refractivity contribution in [2.24, 2.45) is 0 Å². The fourth-order valence-electron chi connectivity index (χ4n) is 2.78. The second kappa shape index (κ2) is 7.09. The molecule has 2 aromatic rings. The standard InChI is InChI=1S/C17H13ClINO5/c18-11-7-13(20-16(22)17(23)24)9-2-1-3-10(9)15(11)25-8-4-5-14(21)12(19)6-8/h4-7,21H,1-3H2,(H,20,22)(H,23,24). The minimum atomic E-state index is -1.55. The first kappa shape index (κ1) is 17.8. The number of nitrogens with one attached hydrogen (secondary N) is 1. The van der Waals surface area contributed by atoms with Crippen molar-refractivity contribution in [3.05, 3.63) is 44.0 Å². The van der Waals surface area contributed by atoms with E-state index in [0.29, 0.717) is 27.2 Å². The van der Waals surface area contributed by atoms with Gasteiger partial charge in [0.2, 0.25) is 0 Å². The molecule has 0 saturated carbocycles. The van der Waals surface area contributed by atoms with Crippen LogP contribution in [0.1, 0.15) is 17.5 Å². The summed E-state index contributed by atoms with van der Waals surface area (Å²) < 4.78 is 6.56. The Morgan fingerprint density at radius 1 is 1.20 bits per heavy atom. The third-order valence-corrected chi connectivity index (χ3v) is 5.03. The molecule has 0 unspecified atom stereocenters. The largest absolute Gasteiger partial charge is 0.507 e. The first-order valence-corrected chi connectivity index (χ1v) is 8.87. The van der Waals surface area contributed by atoms with Crippen LogP contribution in [0.4, 0.5) is 5.69 Å². The van der Waals surface area contributed by atoms with Gasteiger partial charge in [-0.2, -0.15) is 0 Å². The predicted octanol–water partition coefficient (Wildman–Crippen LogP) is 3.95. The first-order valence-electron chi connectivity index (χ1n) is 7.41. The van der Waals surface area contributed by atoms with Gasteiger partial charge in [-0.3, -0.25) is 4.79 Å². The molecular formula is C17H13ClINO5. The molecule has 2 aromatic carbocycles. The summed E-state index contributed by atoms with van der Waals surface area (Å²) >= 11 is 8.32. The zero-order valence-electron chi connectivity index (χ0n) is 12.8. The van der Waals surface area contributed by atoms with Crippen LogP contribution >= 0.6 is 34.2 Å². The molecule has 1 aliphatic rings. The number of halogens is 2. The van der Waals surface area contributed by atoms with Crippen LogP contribution in [0.25, 0.3) is 0 Å². The Kier molecular flexibility index (Phi) is 5.05. The summed E-state index contributed by atoms with van der Waals surface area (Å²) in [5.41, 5.74) is 2.09. The number of carboxylic acids is 1. The molecule has 1 amide bonds. The van der Waals surface area contributed by atoms with Crippen LogP contribution in [0, 0.1) is 3.57 Å². The molecule has 25 heavy (non-hydrogen) atoms. The number of ether oxygens (including phenoxy) is 1.